The third-order valence-corrected chi connectivity index (χ3v) is 11.4. The standard InChI is InChI=1S/C49H41N/c1-32-20-26-35(27-21-32)50(36-28-22-33(23-29-36)38-14-10-18-44-46(38)40-12-6-8-16-42(40)48(44,2)3)37-30-24-34(25-31-37)39-15-11-19-45-47(39)41-13-7-9-17-43(41)49(45,4)5/h6-31H,1-5H3. The predicted octanol–water partition coefficient (Wildman–Crippen LogP) is 13.4. The molecule has 0 aromatic heterocycles. The van der Waals surface area contributed by atoms with E-state index in [0.717, 1.165) is 17.1 Å². The maximum Gasteiger partial charge on any atom is 0.0462 e. The maximum atomic E-state index is 2.37. The minimum absolute atomic E-state index is 0.0182. The fourth-order valence-electron chi connectivity index (χ4n) is 8.71. The summed E-state index contributed by atoms with van der Waals surface area (Å²) in [6, 6.07) is 58.5. The van der Waals surface area contributed by atoms with Crippen molar-refractivity contribution in [2.75, 3.05) is 4.90 Å². The van der Waals surface area contributed by atoms with E-state index >= 15 is 0 Å². The van der Waals surface area contributed by atoms with Crippen LogP contribution in [0.5, 0.6) is 0 Å². The first-order valence-corrected chi connectivity index (χ1v) is 17.8. The fraction of sp³-hybridized carbons (Fsp3) is 0.143. The van der Waals surface area contributed by atoms with Gasteiger partial charge >= 0.3 is 0 Å². The maximum absolute atomic E-state index is 2.37. The first-order chi connectivity index (χ1) is 24.2. The van der Waals surface area contributed by atoms with Crippen LogP contribution in [0.2, 0.25) is 0 Å². The first-order valence-electron chi connectivity index (χ1n) is 17.8. The summed E-state index contributed by atoms with van der Waals surface area (Å²) in [5, 5.41) is 0. The Hall–Kier alpha value is -5.66. The highest BCUT2D eigenvalue weighted by Gasteiger charge is 2.37. The lowest BCUT2D eigenvalue weighted by atomic mass is 9.82. The lowest BCUT2D eigenvalue weighted by Crippen LogP contribution is -2.14. The van der Waals surface area contributed by atoms with Crippen LogP contribution in [-0.4, -0.2) is 0 Å². The Morgan fingerprint density at radius 1 is 0.340 bits per heavy atom. The Morgan fingerprint density at radius 3 is 1.10 bits per heavy atom. The average Bonchev–Trinajstić information content (AvgIpc) is 3.53. The van der Waals surface area contributed by atoms with Crippen molar-refractivity contribution in [3.8, 4) is 44.5 Å². The van der Waals surface area contributed by atoms with Crippen LogP contribution in [0.3, 0.4) is 0 Å². The van der Waals surface area contributed by atoms with Crippen LogP contribution >= 0.6 is 0 Å². The van der Waals surface area contributed by atoms with Crippen molar-refractivity contribution in [3.63, 3.8) is 0 Å². The Balaban J connectivity index is 1.11. The smallest absolute Gasteiger partial charge is 0.0462 e. The number of rotatable bonds is 5. The predicted molar refractivity (Wildman–Crippen MR) is 212 cm³/mol. The van der Waals surface area contributed by atoms with E-state index in [1.54, 1.807) is 0 Å². The van der Waals surface area contributed by atoms with E-state index in [0.29, 0.717) is 0 Å². The van der Waals surface area contributed by atoms with Gasteiger partial charge in [0.25, 0.3) is 0 Å². The topological polar surface area (TPSA) is 3.24 Å². The van der Waals surface area contributed by atoms with Crippen LogP contribution in [0.4, 0.5) is 17.1 Å². The Labute approximate surface area is 296 Å². The van der Waals surface area contributed by atoms with Crippen molar-refractivity contribution in [2.24, 2.45) is 0 Å². The molecule has 7 aromatic rings. The van der Waals surface area contributed by atoms with Gasteiger partial charge in [-0.15, -0.1) is 0 Å². The second-order valence-corrected chi connectivity index (χ2v) is 15.1. The molecule has 0 fully saturated rings. The van der Waals surface area contributed by atoms with E-state index in [4.69, 9.17) is 0 Å². The van der Waals surface area contributed by atoms with E-state index in [2.05, 4.69) is 197 Å². The summed E-state index contributed by atoms with van der Waals surface area (Å²) in [6.45, 7) is 11.5. The van der Waals surface area contributed by atoms with Gasteiger partial charge in [-0.05, 0) is 110 Å². The average molecular weight is 644 g/mol. The zero-order valence-electron chi connectivity index (χ0n) is 29.5. The highest BCUT2D eigenvalue weighted by atomic mass is 15.1. The lowest BCUT2D eigenvalue weighted by molar-refractivity contribution is 0.660. The zero-order chi connectivity index (χ0) is 34.2. The van der Waals surface area contributed by atoms with Crippen LogP contribution < -0.4 is 4.90 Å². The van der Waals surface area contributed by atoms with E-state index in [-0.39, 0.29) is 10.8 Å². The number of fused-ring (bicyclic) bond motifs is 6. The molecule has 0 aliphatic heterocycles. The summed E-state index contributed by atoms with van der Waals surface area (Å²) in [7, 11) is 0. The number of aryl methyl sites for hydroxylation is 1. The monoisotopic (exact) mass is 643 g/mol. The third-order valence-electron chi connectivity index (χ3n) is 11.4. The van der Waals surface area contributed by atoms with E-state index in [9.17, 15) is 0 Å². The Kier molecular flexibility index (Phi) is 6.80. The summed E-state index contributed by atoms with van der Waals surface area (Å²) in [4.78, 5) is 2.37. The molecule has 0 radical (unpaired) electrons. The summed E-state index contributed by atoms with van der Waals surface area (Å²) < 4.78 is 0. The summed E-state index contributed by atoms with van der Waals surface area (Å²) >= 11 is 0. The van der Waals surface area contributed by atoms with Gasteiger partial charge in [-0.1, -0.05) is 155 Å². The Morgan fingerprint density at radius 2 is 0.680 bits per heavy atom. The molecule has 242 valence electrons. The molecule has 0 amide bonds. The second-order valence-electron chi connectivity index (χ2n) is 15.1. The lowest BCUT2D eigenvalue weighted by Gasteiger charge is -2.26. The highest BCUT2D eigenvalue weighted by molar-refractivity contribution is 5.94. The van der Waals surface area contributed by atoms with Crippen LogP contribution in [0.1, 0.15) is 55.5 Å². The molecule has 2 aliphatic carbocycles. The highest BCUT2D eigenvalue weighted by Crippen LogP contribution is 2.53. The van der Waals surface area contributed by atoms with Crippen molar-refractivity contribution in [1.29, 1.82) is 0 Å². The third kappa shape index (κ3) is 4.53. The molecular formula is C49H41N. The van der Waals surface area contributed by atoms with Gasteiger partial charge in [0.05, 0.1) is 0 Å². The summed E-state index contributed by atoms with van der Waals surface area (Å²) in [6.07, 6.45) is 0. The number of anilines is 3. The van der Waals surface area contributed by atoms with Gasteiger partial charge in [-0.2, -0.15) is 0 Å². The molecule has 0 heterocycles. The number of nitrogens with zero attached hydrogens (tertiary/aromatic N) is 1. The van der Waals surface area contributed by atoms with E-state index in [1.807, 2.05) is 0 Å². The summed E-state index contributed by atoms with van der Waals surface area (Å²) in [5.41, 5.74) is 20.7. The fourth-order valence-corrected chi connectivity index (χ4v) is 8.71. The molecule has 1 nitrogen and oxygen atoms in total. The molecule has 9 rings (SSSR count). The van der Waals surface area contributed by atoms with Gasteiger partial charge in [0.2, 0.25) is 0 Å². The molecule has 0 unspecified atom stereocenters. The SMILES string of the molecule is Cc1ccc(N(c2ccc(-c3cccc4c3-c3ccccc3C4(C)C)cc2)c2ccc(-c3cccc4c3-c3ccccc3C4(C)C)cc2)cc1. The minimum Gasteiger partial charge on any atom is -0.311 e. The number of hydrogen-bond donors (Lipinski definition) is 0. The van der Waals surface area contributed by atoms with E-state index < -0.39 is 0 Å². The van der Waals surface area contributed by atoms with E-state index in [1.165, 1.54) is 72.3 Å². The van der Waals surface area contributed by atoms with Crippen LogP contribution in [0, 0.1) is 6.92 Å². The van der Waals surface area contributed by atoms with Crippen LogP contribution in [0.15, 0.2) is 158 Å². The van der Waals surface area contributed by atoms with Crippen molar-refractivity contribution >= 4 is 17.1 Å². The molecular weight excluding hydrogens is 603 g/mol. The minimum atomic E-state index is -0.0182. The molecule has 50 heavy (non-hydrogen) atoms. The quantitative estimate of drug-likeness (QED) is 0.180. The van der Waals surface area contributed by atoms with Crippen molar-refractivity contribution in [1.82, 2.24) is 0 Å². The van der Waals surface area contributed by atoms with Gasteiger partial charge < -0.3 is 4.90 Å². The summed E-state index contributed by atoms with van der Waals surface area (Å²) in [5.74, 6) is 0. The molecule has 0 N–H and O–H groups in total. The molecule has 0 saturated carbocycles. The second kappa shape index (κ2) is 11.2. The molecule has 0 bridgehead atoms. The van der Waals surface area contributed by atoms with Crippen LogP contribution in [-0.2, 0) is 10.8 Å². The molecule has 7 aromatic carbocycles. The normalized spacial score (nSPS) is 14.4. The van der Waals surface area contributed by atoms with Gasteiger partial charge in [-0.3, -0.25) is 0 Å². The van der Waals surface area contributed by atoms with Gasteiger partial charge in [-0.25, -0.2) is 0 Å². The number of benzene rings is 7. The molecule has 2 aliphatic rings. The molecule has 0 saturated heterocycles. The van der Waals surface area contributed by atoms with Crippen molar-refractivity contribution < 1.29 is 0 Å². The largest absolute Gasteiger partial charge is 0.311 e. The van der Waals surface area contributed by atoms with Crippen LogP contribution in [0.25, 0.3) is 44.5 Å². The van der Waals surface area contributed by atoms with Crippen molar-refractivity contribution in [2.45, 2.75) is 45.4 Å². The molecule has 0 spiro atoms. The van der Waals surface area contributed by atoms with Crippen molar-refractivity contribution in [3.05, 3.63) is 186 Å². The van der Waals surface area contributed by atoms with Gasteiger partial charge in [0, 0.05) is 27.9 Å². The van der Waals surface area contributed by atoms with Gasteiger partial charge in [0.15, 0.2) is 0 Å². The Bertz CT molecular complexity index is 2260. The molecule has 1 heteroatoms. The number of hydrogen-bond acceptors (Lipinski definition) is 1. The zero-order valence-corrected chi connectivity index (χ0v) is 29.5. The van der Waals surface area contributed by atoms with Gasteiger partial charge in [0.1, 0.15) is 0 Å². The molecule has 0 atom stereocenters. The first kappa shape index (κ1) is 30.4.